The first-order valence-corrected chi connectivity index (χ1v) is 15.9. The third-order valence-electron chi connectivity index (χ3n) is 9.48. The molecule has 0 aromatic heterocycles. The number of ether oxygens (including phenoxy) is 2. The van der Waals surface area contributed by atoms with Gasteiger partial charge in [0, 0.05) is 37.3 Å². The first-order valence-electron chi connectivity index (χ1n) is 15.9. The summed E-state index contributed by atoms with van der Waals surface area (Å²) >= 11 is 0. The molecular formula is C33H49N5O6. The predicted molar refractivity (Wildman–Crippen MR) is 168 cm³/mol. The molecule has 0 unspecified atom stereocenters. The quantitative estimate of drug-likeness (QED) is 0.441. The van der Waals surface area contributed by atoms with E-state index in [0.717, 1.165) is 12.0 Å². The fourth-order valence-electron chi connectivity index (χ4n) is 6.61. The van der Waals surface area contributed by atoms with Crippen molar-refractivity contribution in [3.05, 3.63) is 30.0 Å². The van der Waals surface area contributed by atoms with Crippen LogP contribution in [0.3, 0.4) is 0 Å². The lowest BCUT2D eigenvalue weighted by Gasteiger charge is -2.37. The lowest BCUT2D eigenvalue weighted by atomic mass is 9.94. The van der Waals surface area contributed by atoms with Gasteiger partial charge in [0.1, 0.15) is 35.7 Å². The molecule has 0 radical (unpaired) electrons. The van der Waals surface area contributed by atoms with Gasteiger partial charge >= 0.3 is 0 Å². The molecule has 11 nitrogen and oxygen atoms in total. The van der Waals surface area contributed by atoms with Crippen molar-refractivity contribution in [3.63, 3.8) is 0 Å². The first-order chi connectivity index (χ1) is 21.0. The number of fused-ring (bicyclic) bond motifs is 4. The number of likely N-dealkylation sites (tertiary alicyclic amines) is 1. The van der Waals surface area contributed by atoms with E-state index < -0.39 is 30.3 Å². The van der Waals surface area contributed by atoms with Crippen LogP contribution in [-0.4, -0.2) is 103 Å². The number of rotatable bonds is 9. The first kappa shape index (κ1) is 33.3. The van der Waals surface area contributed by atoms with Crippen molar-refractivity contribution in [1.82, 2.24) is 25.3 Å². The summed E-state index contributed by atoms with van der Waals surface area (Å²) in [6, 6.07) is 2.53. The topological polar surface area (TPSA) is 121 Å². The fraction of sp³-hybridized carbons (Fsp3) is 0.636. The molecule has 11 heteroatoms. The number of nitrogens with zero attached hydrogens (tertiary/aromatic N) is 3. The lowest BCUT2D eigenvalue weighted by molar-refractivity contribution is -0.150. The highest BCUT2D eigenvalue weighted by Gasteiger charge is 2.50. The molecule has 1 aromatic rings. The maximum absolute atomic E-state index is 14.4. The van der Waals surface area contributed by atoms with Gasteiger partial charge in [-0.25, -0.2) is 0 Å². The van der Waals surface area contributed by atoms with Crippen LogP contribution >= 0.6 is 0 Å². The van der Waals surface area contributed by atoms with Gasteiger partial charge in [0.25, 0.3) is 0 Å². The summed E-state index contributed by atoms with van der Waals surface area (Å²) in [5.74, 6) is -0.129. The van der Waals surface area contributed by atoms with Crippen molar-refractivity contribution in [2.75, 3.05) is 34.3 Å². The van der Waals surface area contributed by atoms with E-state index in [1.54, 1.807) is 41.3 Å². The standard InChI is InChI=1S/C33H49N5O6/c1-8-20(3)27(35-31(40)28(36(5)6)21(4)9-2)32(41)38-18-15-25-29(38)33(42)37-17-10-11-24(37)30(39)34-16-14-22-12-13-23(44-25)19-26(22)43-7/h12-14,16,19-21,24-25,27-29H,8-11,15,17-18H2,1-7H3,(H,34,39)(H,35,40)/b16-14+/t20-,21-,24+,25-,27-,28-,29-/m0/s1. The molecule has 1 aromatic carbocycles. The van der Waals surface area contributed by atoms with Crippen LogP contribution in [0.15, 0.2) is 24.4 Å². The van der Waals surface area contributed by atoms with E-state index in [1.807, 2.05) is 52.8 Å². The third-order valence-corrected chi connectivity index (χ3v) is 9.48. The van der Waals surface area contributed by atoms with E-state index >= 15 is 0 Å². The number of benzene rings is 1. The Kier molecular flexibility index (Phi) is 10.9. The van der Waals surface area contributed by atoms with Crippen LogP contribution in [0.4, 0.5) is 0 Å². The Hall–Kier alpha value is -3.60. The third kappa shape index (κ3) is 6.87. The Bertz CT molecular complexity index is 1250. The maximum Gasteiger partial charge on any atom is 0.249 e. The average Bonchev–Trinajstić information content (AvgIpc) is 3.66. The molecule has 2 saturated heterocycles. The molecule has 2 fully saturated rings. The zero-order valence-electron chi connectivity index (χ0n) is 27.2. The number of methoxy groups -OCH3 is 1. The molecule has 5 rings (SSSR count). The molecule has 4 amide bonds. The lowest BCUT2D eigenvalue weighted by Crippen LogP contribution is -2.61. The van der Waals surface area contributed by atoms with Gasteiger partial charge < -0.3 is 29.9 Å². The van der Waals surface area contributed by atoms with Crippen LogP contribution < -0.4 is 20.1 Å². The number of hydrogen-bond acceptors (Lipinski definition) is 7. The molecule has 4 aliphatic rings. The van der Waals surface area contributed by atoms with E-state index in [1.165, 1.54) is 0 Å². The van der Waals surface area contributed by atoms with Crippen LogP contribution in [0, 0.1) is 11.8 Å². The van der Waals surface area contributed by atoms with E-state index in [9.17, 15) is 19.2 Å². The molecule has 242 valence electrons. The molecule has 2 bridgehead atoms. The van der Waals surface area contributed by atoms with Crippen molar-refractivity contribution in [2.24, 2.45) is 11.8 Å². The SMILES string of the molecule is CC[C@H](C)[C@H](NC(=O)[C@H]([C@@H](C)CC)N(C)C)C(=O)N1CC[C@@H]2Oc3ccc(c(OC)c3)/C=C/NC(=O)[C@H]3CCCN3C(=O)[C@H]21. The van der Waals surface area contributed by atoms with Crippen molar-refractivity contribution in [2.45, 2.75) is 90.1 Å². The molecule has 4 aliphatic heterocycles. The molecule has 44 heavy (non-hydrogen) atoms. The summed E-state index contributed by atoms with van der Waals surface area (Å²) in [5.41, 5.74) is 0.761. The summed E-state index contributed by atoms with van der Waals surface area (Å²) in [6.07, 6.45) is 5.76. The summed E-state index contributed by atoms with van der Waals surface area (Å²) in [7, 11) is 5.29. The smallest absolute Gasteiger partial charge is 0.249 e. The van der Waals surface area contributed by atoms with Crippen LogP contribution in [0.25, 0.3) is 6.08 Å². The highest BCUT2D eigenvalue weighted by molar-refractivity contribution is 5.96. The van der Waals surface area contributed by atoms with E-state index in [2.05, 4.69) is 10.6 Å². The van der Waals surface area contributed by atoms with Crippen molar-refractivity contribution in [3.8, 4) is 11.5 Å². The summed E-state index contributed by atoms with van der Waals surface area (Å²) < 4.78 is 12.0. The number of carbonyl (C=O) groups is 4. The van der Waals surface area contributed by atoms with Crippen LogP contribution in [0.2, 0.25) is 0 Å². The Morgan fingerprint density at radius 1 is 1.11 bits per heavy atom. The monoisotopic (exact) mass is 611 g/mol. The highest BCUT2D eigenvalue weighted by Crippen LogP contribution is 2.33. The number of likely N-dealkylation sites (N-methyl/N-ethyl adjacent to an activating group) is 1. The van der Waals surface area contributed by atoms with E-state index in [4.69, 9.17) is 9.47 Å². The molecular weight excluding hydrogens is 562 g/mol. The van der Waals surface area contributed by atoms with Crippen molar-refractivity contribution >= 4 is 29.7 Å². The zero-order chi connectivity index (χ0) is 32.1. The van der Waals surface area contributed by atoms with Crippen LogP contribution in [0.5, 0.6) is 11.5 Å². The Balaban J connectivity index is 1.71. The summed E-state index contributed by atoms with van der Waals surface area (Å²) in [6.45, 7) is 8.70. The van der Waals surface area contributed by atoms with Crippen molar-refractivity contribution in [1.29, 1.82) is 0 Å². The zero-order valence-corrected chi connectivity index (χ0v) is 27.2. The van der Waals surface area contributed by atoms with Gasteiger partial charge in [0.05, 0.1) is 13.2 Å². The molecule has 7 atom stereocenters. The van der Waals surface area contributed by atoms with Gasteiger partial charge in [-0.05, 0) is 57.0 Å². The second-order valence-electron chi connectivity index (χ2n) is 12.5. The van der Waals surface area contributed by atoms with Gasteiger partial charge in [0.15, 0.2) is 0 Å². The van der Waals surface area contributed by atoms with Crippen molar-refractivity contribution < 1.29 is 28.7 Å². The van der Waals surface area contributed by atoms with Crippen LogP contribution in [0.1, 0.15) is 65.4 Å². The Labute approximate surface area is 261 Å². The second kappa shape index (κ2) is 14.5. The number of amides is 4. The van der Waals surface area contributed by atoms with Crippen LogP contribution in [-0.2, 0) is 19.2 Å². The largest absolute Gasteiger partial charge is 0.496 e. The normalized spacial score (nSPS) is 25.2. The number of hydrogen-bond donors (Lipinski definition) is 2. The Morgan fingerprint density at radius 2 is 1.84 bits per heavy atom. The fourth-order valence-corrected chi connectivity index (χ4v) is 6.61. The van der Waals surface area contributed by atoms with Gasteiger partial charge in [-0.1, -0.05) is 40.5 Å². The second-order valence-corrected chi connectivity index (χ2v) is 12.5. The Morgan fingerprint density at radius 3 is 2.50 bits per heavy atom. The van der Waals surface area contributed by atoms with Gasteiger partial charge in [-0.3, -0.25) is 24.1 Å². The summed E-state index contributed by atoms with van der Waals surface area (Å²) in [4.78, 5) is 60.7. The molecule has 0 saturated carbocycles. The minimum absolute atomic E-state index is 0.0832. The maximum atomic E-state index is 14.4. The van der Waals surface area contributed by atoms with Gasteiger partial charge in [0.2, 0.25) is 23.6 Å². The number of nitrogens with one attached hydrogen (secondary N) is 2. The minimum atomic E-state index is -0.956. The molecule has 2 N–H and O–H groups in total. The minimum Gasteiger partial charge on any atom is -0.496 e. The highest BCUT2D eigenvalue weighted by atomic mass is 16.5. The average molecular weight is 612 g/mol. The molecule has 4 heterocycles. The van der Waals surface area contributed by atoms with E-state index in [-0.39, 0.29) is 42.0 Å². The molecule has 0 spiro atoms. The van der Waals surface area contributed by atoms with Gasteiger partial charge in [-0.2, -0.15) is 0 Å². The predicted octanol–water partition coefficient (Wildman–Crippen LogP) is 2.64. The van der Waals surface area contributed by atoms with Gasteiger partial charge in [-0.15, -0.1) is 0 Å². The van der Waals surface area contributed by atoms with E-state index in [0.29, 0.717) is 43.7 Å². The molecule has 0 aliphatic carbocycles. The summed E-state index contributed by atoms with van der Waals surface area (Å²) in [5, 5.41) is 5.90. The number of carbonyl (C=O) groups excluding carboxylic acids is 4.